The summed E-state index contributed by atoms with van der Waals surface area (Å²) in [5.74, 6) is -0.559. The third-order valence-electron chi connectivity index (χ3n) is 2.08. The van der Waals surface area contributed by atoms with Gasteiger partial charge in [0.2, 0.25) is 5.91 Å². The van der Waals surface area contributed by atoms with Gasteiger partial charge in [0, 0.05) is 19.7 Å². The van der Waals surface area contributed by atoms with Crippen LogP contribution < -0.4 is 0 Å². The summed E-state index contributed by atoms with van der Waals surface area (Å²) in [5.41, 5.74) is 0.630. The summed E-state index contributed by atoms with van der Waals surface area (Å²) in [5, 5.41) is 8.64. The third-order valence-corrected chi connectivity index (χ3v) is 2.08. The average molecular weight is 223 g/mol. The molecular weight excluding hydrogens is 209 g/mol. The van der Waals surface area contributed by atoms with E-state index in [9.17, 15) is 9.18 Å². The van der Waals surface area contributed by atoms with E-state index in [0.717, 1.165) is 0 Å². The van der Waals surface area contributed by atoms with Crippen molar-refractivity contribution >= 4 is 12.0 Å². The molecule has 1 amide bonds. The highest BCUT2D eigenvalue weighted by atomic mass is 19.1. The third kappa shape index (κ3) is 3.82. The predicted octanol–water partition coefficient (Wildman–Crippen LogP) is 1.29. The number of likely N-dealkylation sites (N-methyl/N-ethyl adjacent to an activating group) is 1. The van der Waals surface area contributed by atoms with Crippen molar-refractivity contribution in [3.8, 4) is 0 Å². The molecule has 86 valence electrons. The molecule has 0 unspecified atom stereocenters. The Morgan fingerprint density at radius 3 is 2.94 bits per heavy atom. The summed E-state index contributed by atoms with van der Waals surface area (Å²) in [6.45, 7) is 0.211. The molecule has 0 saturated carbocycles. The van der Waals surface area contributed by atoms with Crippen molar-refractivity contribution in [3.63, 3.8) is 0 Å². The van der Waals surface area contributed by atoms with Crippen LogP contribution in [0, 0.1) is 5.82 Å². The number of aliphatic hydroxyl groups is 1. The fourth-order valence-corrected chi connectivity index (χ4v) is 1.17. The van der Waals surface area contributed by atoms with Crippen molar-refractivity contribution in [1.29, 1.82) is 0 Å². The van der Waals surface area contributed by atoms with Crippen LogP contribution >= 0.6 is 0 Å². The minimum Gasteiger partial charge on any atom is -0.395 e. The number of benzene rings is 1. The van der Waals surface area contributed by atoms with Crippen LogP contribution in [0.25, 0.3) is 6.08 Å². The van der Waals surface area contributed by atoms with Gasteiger partial charge in [0.25, 0.3) is 0 Å². The lowest BCUT2D eigenvalue weighted by molar-refractivity contribution is -0.125. The number of hydrogen-bond donors (Lipinski definition) is 1. The van der Waals surface area contributed by atoms with Crippen LogP contribution in [-0.2, 0) is 4.79 Å². The molecule has 0 saturated heterocycles. The minimum absolute atomic E-state index is 0.0734. The topological polar surface area (TPSA) is 40.5 Å². The van der Waals surface area contributed by atoms with Crippen LogP contribution in [0.1, 0.15) is 5.56 Å². The zero-order valence-electron chi connectivity index (χ0n) is 9.06. The lowest BCUT2D eigenvalue weighted by atomic mass is 10.2. The Labute approximate surface area is 93.8 Å². The molecule has 0 fully saturated rings. The number of hydrogen-bond acceptors (Lipinski definition) is 2. The quantitative estimate of drug-likeness (QED) is 0.781. The van der Waals surface area contributed by atoms with Gasteiger partial charge in [-0.25, -0.2) is 4.39 Å². The van der Waals surface area contributed by atoms with Crippen LogP contribution in [0.5, 0.6) is 0 Å². The maximum Gasteiger partial charge on any atom is 0.246 e. The van der Waals surface area contributed by atoms with Gasteiger partial charge in [-0.05, 0) is 23.8 Å². The number of aliphatic hydroxyl groups excluding tert-OH is 1. The Morgan fingerprint density at radius 1 is 1.56 bits per heavy atom. The van der Waals surface area contributed by atoms with Crippen molar-refractivity contribution in [2.45, 2.75) is 0 Å². The van der Waals surface area contributed by atoms with Crippen molar-refractivity contribution in [3.05, 3.63) is 41.7 Å². The van der Waals surface area contributed by atoms with Crippen molar-refractivity contribution in [1.82, 2.24) is 4.90 Å². The van der Waals surface area contributed by atoms with E-state index in [1.807, 2.05) is 0 Å². The average Bonchev–Trinajstić information content (AvgIpc) is 2.26. The lowest BCUT2D eigenvalue weighted by Gasteiger charge is -2.12. The monoisotopic (exact) mass is 223 g/mol. The Morgan fingerprint density at radius 2 is 2.31 bits per heavy atom. The number of amides is 1. The second-order valence-corrected chi connectivity index (χ2v) is 3.37. The van der Waals surface area contributed by atoms with Gasteiger partial charge < -0.3 is 10.0 Å². The summed E-state index contributed by atoms with van der Waals surface area (Å²) in [6, 6.07) is 5.97. The van der Waals surface area contributed by atoms with Gasteiger partial charge in [-0.15, -0.1) is 0 Å². The number of halogens is 1. The molecule has 0 aliphatic carbocycles. The molecule has 16 heavy (non-hydrogen) atoms. The first-order valence-electron chi connectivity index (χ1n) is 4.93. The lowest BCUT2D eigenvalue weighted by Crippen LogP contribution is -2.27. The van der Waals surface area contributed by atoms with E-state index in [0.29, 0.717) is 5.56 Å². The Kier molecular flexibility index (Phi) is 4.66. The van der Waals surface area contributed by atoms with Crippen LogP contribution in [0.2, 0.25) is 0 Å². The number of carbonyl (C=O) groups is 1. The molecule has 0 heterocycles. The molecule has 0 radical (unpaired) electrons. The van der Waals surface area contributed by atoms with E-state index in [4.69, 9.17) is 5.11 Å². The van der Waals surface area contributed by atoms with E-state index in [-0.39, 0.29) is 24.9 Å². The van der Waals surface area contributed by atoms with Gasteiger partial charge in [0.1, 0.15) is 5.82 Å². The first-order valence-corrected chi connectivity index (χ1v) is 4.93. The maximum absolute atomic E-state index is 12.8. The molecule has 0 atom stereocenters. The Bertz CT molecular complexity index is 390. The molecule has 0 aromatic heterocycles. The molecule has 0 bridgehead atoms. The molecule has 0 spiro atoms. The summed E-state index contributed by atoms with van der Waals surface area (Å²) < 4.78 is 12.8. The molecule has 1 rings (SSSR count). The van der Waals surface area contributed by atoms with Crippen LogP contribution in [0.15, 0.2) is 30.3 Å². The summed E-state index contributed by atoms with van der Waals surface area (Å²) in [4.78, 5) is 12.8. The Balaban J connectivity index is 2.63. The molecular formula is C12H14FNO2. The van der Waals surface area contributed by atoms with Gasteiger partial charge in [0.15, 0.2) is 0 Å². The standard InChI is InChI=1S/C12H14FNO2/c1-14(7-8-15)12(16)6-5-10-3-2-4-11(13)9-10/h2-6,9,15H,7-8H2,1H3/b6-5+. The molecule has 1 N–H and O–H groups in total. The maximum atomic E-state index is 12.8. The van der Waals surface area contributed by atoms with Crippen LogP contribution in [0.4, 0.5) is 4.39 Å². The van der Waals surface area contributed by atoms with E-state index < -0.39 is 0 Å². The molecule has 1 aromatic carbocycles. The zero-order valence-corrected chi connectivity index (χ0v) is 9.06. The highest BCUT2D eigenvalue weighted by Gasteiger charge is 2.02. The number of rotatable bonds is 4. The molecule has 4 heteroatoms. The van der Waals surface area contributed by atoms with Gasteiger partial charge in [-0.3, -0.25) is 4.79 Å². The normalized spacial score (nSPS) is 10.7. The largest absolute Gasteiger partial charge is 0.395 e. The van der Waals surface area contributed by atoms with Crippen LogP contribution in [0.3, 0.4) is 0 Å². The van der Waals surface area contributed by atoms with Gasteiger partial charge in [0.05, 0.1) is 6.61 Å². The van der Waals surface area contributed by atoms with Gasteiger partial charge in [-0.2, -0.15) is 0 Å². The first-order chi connectivity index (χ1) is 7.63. The number of carbonyl (C=O) groups excluding carboxylic acids is 1. The fourth-order valence-electron chi connectivity index (χ4n) is 1.17. The second-order valence-electron chi connectivity index (χ2n) is 3.37. The van der Waals surface area contributed by atoms with Crippen molar-refractivity contribution in [2.24, 2.45) is 0 Å². The van der Waals surface area contributed by atoms with Crippen molar-refractivity contribution in [2.75, 3.05) is 20.2 Å². The van der Waals surface area contributed by atoms with Gasteiger partial charge in [-0.1, -0.05) is 12.1 Å². The predicted molar refractivity (Wildman–Crippen MR) is 60.2 cm³/mol. The number of nitrogens with zero attached hydrogens (tertiary/aromatic N) is 1. The Hall–Kier alpha value is -1.68. The summed E-state index contributed by atoms with van der Waals surface area (Å²) in [7, 11) is 1.59. The fraction of sp³-hybridized carbons (Fsp3) is 0.250. The molecule has 1 aromatic rings. The van der Waals surface area contributed by atoms with E-state index >= 15 is 0 Å². The first kappa shape index (κ1) is 12.4. The highest BCUT2D eigenvalue weighted by Crippen LogP contribution is 2.05. The highest BCUT2D eigenvalue weighted by molar-refractivity contribution is 5.91. The molecule has 3 nitrogen and oxygen atoms in total. The molecule has 0 aliphatic heterocycles. The van der Waals surface area contributed by atoms with E-state index in [1.165, 1.54) is 23.1 Å². The second kappa shape index (κ2) is 6.02. The minimum atomic E-state index is -0.335. The summed E-state index contributed by atoms with van der Waals surface area (Å²) in [6.07, 6.45) is 2.89. The summed E-state index contributed by atoms with van der Waals surface area (Å²) >= 11 is 0. The van der Waals surface area contributed by atoms with Crippen molar-refractivity contribution < 1.29 is 14.3 Å². The SMILES string of the molecule is CN(CCO)C(=O)/C=C/c1cccc(F)c1. The molecule has 0 aliphatic rings. The van der Waals surface area contributed by atoms with E-state index in [1.54, 1.807) is 25.3 Å². The van der Waals surface area contributed by atoms with E-state index in [2.05, 4.69) is 0 Å². The van der Waals surface area contributed by atoms with Crippen LogP contribution in [-0.4, -0.2) is 36.1 Å². The zero-order chi connectivity index (χ0) is 12.0. The van der Waals surface area contributed by atoms with Gasteiger partial charge >= 0.3 is 0 Å². The smallest absolute Gasteiger partial charge is 0.246 e.